The Hall–Kier alpha value is -0.320. The van der Waals surface area contributed by atoms with E-state index in [4.69, 9.17) is 17.3 Å². The number of piperidine rings is 1. The number of hydrogen-bond donors (Lipinski definition) is 2. The van der Waals surface area contributed by atoms with Crippen molar-refractivity contribution in [2.75, 3.05) is 25.5 Å². The number of halogens is 1. The summed E-state index contributed by atoms with van der Waals surface area (Å²) in [4.78, 5) is 13.0. The molecule has 0 spiro atoms. The Labute approximate surface area is 82.6 Å². The van der Waals surface area contributed by atoms with E-state index in [9.17, 15) is 9.90 Å². The van der Waals surface area contributed by atoms with Gasteiger partial charge >= 0.3 is 0 Å². The third-order valence-corrected chi connectivity index (χ3v) is 2.71. The standard InChI is InChI=1S/C8H15ClN2O2/c9-3-6-11-4-1-8(13,2-5-11)7(10)12/h13H,1-6H2,(H2,10,12). The monoisotopic (exact) mass is 206 g/mol. The number of likely N-dealkylation sites (tertiary alicyclic amines) is 1. The van der Waals surface area contributed by atoms with E-state index in [0.29, 0.717) is 31.8 Å². The molecule has 0 bridgehead atoms. The van der Waals surface area contributed by atoms with Crippen LogP contribution < -0.4 is 5.73 Å². The van der Waals surface area contributed by atoms with E-state index < -0.39 is 11.5 Å². The molecule has 0 radical (unpaired) electrons. The Morgan fingerprint density at radius 1 is 1.54 bits per heavy atom. The summed E-state index contributed by atoms with van der Waals surface area (Å²) in [5.41, 5.74) is 3.80. The van der Waals surface area contributed by atoms with Gasteiger partial charge in [-0.1, -0.05) is 0 Å². The Balaban J connectivity index is 2.42. The van der Waals surface area contributed by atoms with Gasteiger partial charge in [0.1, 0.15) is 5.60 Å². The second-order valence-electron chi connectivity index (χ2n) is 3.43. The Bertz CT molecular complexity index is 191. The molecule has 3 N–H and O–H groups in total. The van der Waals surface area contributed by atoms with E-state index >= 15 is 0 Å². The molecule has 1 heterocycles. The van der Waals surface area contributed by atoms with Gasteiger partial charge in [0.15, 0.2) is 0 Å². The van der Waals surface area contributed by atoms with Crippen LogP contribution in [0.15, 0.2) is 0 Å². The van der Waals surface area contributed by atoms with Crippen molar-refractivity contribution in [2.24, 2.45) is 5.73 Å². The van der Waals surface area contributed by atoms with Crippen LogP contribution in [0.2, 0.25) is 0 Å². The number of aliphatic hydroxyl groups is 1. The third-order valence-electron chi connectivity index (χ3n) is 2.54. The molecule has 5 heteroatoms. The molecule has 0 unspecified atom stereocenters. The van der Waals surface area contributed by atoms with Crippen LogP contribution in [0.5, 0.6) is 0 Å². The minimum atomic E-state index is -1.29. The summed E-state index contributed by atoms with van der Waals surface area (Å²) in [6.45, 7) is 2.18. The van der Waals surface area contributed by atoms with E-state index in [-0.39, 0.29) is 0 Å². The highest BCUT2D eigenvalue weighted by atomic mass is 35.5. The zero-order valence-electron chi connectivity index (χ0n) is 7.50. The SMILES string of the molecule is NC(=O)C1(O)CCN(CCCl)CC1. The average Bonchev–Trinajstić information content (AvgIpc) is 2.09. The molecule has 0 aromatic rings. The maximum absolute atomic E-state index is 10.9. The van der Waals surface area contributed by atoms with Crippen LogP contribution in [0.3, 0.4) is 0 Å². The molecule has 0 aliphatic carbocycles. The fourth-order valence-electron chi connectivity index (χ4n) is 1.51. The highest BCUT2D eigenvalue weighted by Gasteiger charge is 2.37. The molecule has 4 nitrogen and oxygen atoms in total. The first-order valence-electron chi connectivity index (χ1n) is 4.39. The number of rotatable bonds is 3. The van der Waals surface area contributed by atoms with Gasteiger partial charge in [-0.25, -0.2) is 0 Å². The highest BCUT2D eigenvalue weighted by Crippen LogP contribution is 2.21. The van der Waals surface area contributed by atoms with Gasteiger partial charge in [0, 0.05) is 25.5 Å². The predicted molar refractivity (Wildman–Crippen MR) is 50.5 cm³/mol. The lowest BCUT2D eigenvalue weighted by Gasteiger charge is -2.35. The number of alkyl halides is 1. The molecule has 13 heavy (non-hydrogen) atoms. The normalized spacial score (nSPS) is 22.9. The number of carbonyl (C=O) groups is 1. The lowest BCUT2D eigenvalue weighted by Crippen LogP contribution is -2.52. The molecular formula is C8H15ClN2O2. The molecule has 0 atom stereocenters. The van der Waals surface area contributed by atoms with Crippen LogP contribution in [0.4, 0.5) is 0 Å². The summed E-state index contributed by atoms with van der Waals surface area (Å²) in [6, 6.07) is 0. The number of nitrogens with two attached hydrogens (primary N) is 1. The van der Waals surface area contributed by atoms with Crippen molar-refractivity contribution < 1.29 is 9.90 Å². The van der Waals surface area contributed by atoms with E-state index in [0.717, 1.165) is 6.54 Å². The second kappa shape index (κ2) is 4.26. The summed E-state index contributed by atoms with van der Waals surface area (Å²) in [6.07, 6.45) is 0.832. The lowest BCUT2D eigenvalue weighted by molar-refractivity contribution is -0.141. The summed E-state index contributed by atoms with van der Waals surface area (Å²) in [5, 5.41) is 9.70. The summed E-state index contributed by atoms with van der Waals surface area (Å²) in [7, 11) is 0. The van der Waals surface area contributed by atoms with Gasteiger partial charge in [-0.05, 0) is 12.8 Å². The minimum absolute atomic E-state index is 0.416. The molecule has 1 rings (SSSR count). The molecule has 1 aliphatic heterocycles. The van der Waals surface area contributed by atoms with Crippen molar-refractivity contribution >= 4 is 17.5 Å². The molecule has 1 amide bonds. The predicted octanol–water partition coefficient (Wildman–Crippen LogP) is -0.463. The highest BCUT2D eigenvalue weighted by molar-refractivity contribution is 6.18. The average molecular weight is 207 g/mol. The van der Waals surface area contributed by atoms with Crippen LogP contribution in [0.25, 0.3) is 0 Å². The first-order valence-corrected chi connectivity index (χ1v) is 4.92. The molecule has 76 valence electrons. The quantitative estimate of drug-likeness (QED) is 0.614. The number of carbonyl (C=O) groups excluding carboxylic acids is 1. The van der Waals surface area contributed by atoms with E-state index in [1.807, 2.05) is 0 Å². The van der Waals surface area contributed by atoms with Gasteiger partial charge < -0.3 is 15.7 Å². The van der Waals surface area contributed by atoms with Gasteiger partial charge in [-0.3, -0.25) is 4.79 Å². The molecular weight excluding hydrogens is 192 g/mol. The van der Waals surface area contributed by atoms with E-state index in [2.05, 4.69) is 4.90 Å². The van der Waals surface area contributed by atoms with Crippen molar-refractivity contribution in [3.05, 3.63) is 0 Å². The molecule has 0 aromatic heterocycles. The maximum atomic E-state index is 10.9. The fraction of sp³-hybridized carbons (Fsp3) is 0.875. The number of amides is 1. The van der Waals surface area contributed by atoms with E-state index in [1.165, 1.54) is 0 Å². The van der Waals surface area contributed by atoms with Crippen LogP contribution in [0.1, 0.15) is 12.8 Å². The molecule has 1 saturated heterocycles. The first-order chi connectivity index (χ1) is 6.08. The minimum Gasteiger partial charge on any atom is -0.380 e. The van der Waals surface area contributed by atoms with E-state index in [1.54, 1.807) is 0 Å². The first kappa shape index (κ1) is 10.8. The van der Waals surface area contributed by atoms with Crippen molar-refractivity contribution in [2.45, 2.75) is 18.4 Å². The van der Waals surface area contributed by atoms with Crippen LogP contribution >= 0.6 is 11.6 Å². The van der Waals surface area contributed by atoms with Gasteiger partial charge in [0.25, 0.3) is 0 Å². The Kier molecular flexibility index (Phi) is 3.53. The summed E-state index contributed by atoms with van der Waals surface area (Å²) in [5.74, 6) is -0.0346. The number of primary amides is 1. The van der Waals surface area contributed by atoms with Crippen LogP contribution in [-0.2, 0) is 4.79 Å². The molecule has 0 saturated carbocycles. The molecule has 1 aliphatic rings. The van der Waals surface area contributed by atoms with Crippen molar-refractivity contribution in [1.82, 2.24) is 4.90 Å². The smallest absolute Gasteiger partial charge is 0.249 e. The number of nitrogens with zero attached hydrogens (tertiary/aromatic N) is 1. The van der Waals surface area contributed by atoms with Crippen LogP contribution in [0, 0.1) is 0 Å². The lowest BCUT2D eigenvalue weighted by atomic mass is 9.91. The van der Waals surface area contributed by atoms with Gasteiger partial charge in [-0.2, -0.15) is 0 Å². The van der Waals surface area contributed by atoms with Crippen molar-refractivity contribution in [3.63, 3.8) is 0 Å². The van der Waals surface area contributed by atoms with Crippen molar-refractivity contribution in [3.8, 4) is 0 Å². The summed E-state index contributed by atoms with van der Waals surface area (Å²) >= 11 is 5.57. The maximum Gasteiger partial charge on any atom is 0.249 e. The van der Waals surface area contributed by atoms with Gasteiger partial charge in [0.05, 0.1) is 0 Å². The third kappa shape index (κ3) is 2.56. The zero-order chi connectivity index (χ0) is 9.90. The van der Waals surface area contributed by atoms with Crippen molar-refractivity contribution in [1.29, 1.82) is 0 Å². The molecule has 0 aromatic carbocycles. The zero-order valence-corrected chi connectivity index (χ0v) is 8.26. The largest absolute Gasteiger partial charge is 0.380 e. The summed E-state index contributed by atoms with van der Waals surface area (Å²) < 4.78 is 0. The number of hydrogen-bond acceptors (Lipinski definition) is 3. The topological polar surface area (TPSA) is 66.6 Å². The Morgan fingerprint density at radius 2 is 2.08 bits per heavy atom. The second-order valence-corrected chi connectivity index (χ2v) is 3.80. The molecule has 1 fully saturated rings. The van der Waals surface area contributed by atoms with Gasteiger partial charge in [0.2, 0.25) is 5.91 Å². The fourth-order valence-corrected chi connectivity index (χ4v) is 1.75. The van der Waals surface area contributed by atoms with Gasteiger partial charge in [-0.15, -0.1) is 11.6 Å². The Morgan fingerprint density at radius 3 is 2.46 bits per heavy atom. The van der Waals surface area contributed by atoms with Crippen LogP contribution in [-0.4, -0.2) is 47.0 Å².